The summed E-state index contributed by atoms with van der Waals surface area (Å²) in [6, 6.07) is 16.8. The van der Waals surface area contributed by atoms with Crippen LogP contribution in [-0.4, -0.2) is 28.9 Å². The number of para-hydroxylation sites is 1. The minimum Gasteiger partial charge on any atom is -0.434 e. The third-order valence-electron chi connectivity index (χ3n) is 4.29. The Hall–Kier alpha value is -3.42. The van der Waals surface area contributed by atoms with Crippen molar-refractivity contribution in [2.75, 3.05) is 6.54 Å². The summed E-state index contributed by atoms with van der Waals surface area (Å²) in [5.41, 5.74) is 2.84. The summed E-state index contributed by atoms with van der Waals surface area (Å²) in [4.78, 5) is 4.61. The van der Waals surface area contributed by atoms with Crippen molar-refractivity contribution in [2.24, 2.45) is 4.99 Å². The van der Waals surface area contributed by atoms with Crippen LogP contribution in [0, 0.1) is 0 Å². The highest BCUT2D eigenvalue weighted by molar-refractivity contribution is 5.79. The van der Waals surface area contributed by atoms with Crippen molar-refractivity contribution in [1.29, 1.82) is 0 Å². The maximum absolute atomic E-state index is 12.6. The summed E-state index contributed by atoms with van der Waals surface area (Å²) >= 11 is 0. The minimum absolute atomic E-state index is 0.155. The first kappa shape index (κ1) is 21.3. The van der Waals surface area contributed by atoms with E-state index in [2.05, 4.69) is 37.6 Å². The largest absolute Gasteiger partial charge is 0.434 e. The second-order valence-corrected chi connectivity index (χ2v) is 6.56. The van der Waals surface area contributed by atoms with Gasteiger partial charge in [-0.05, 0) is 30.2 Å². The number of guanidine groups is 1. The molecule has 2 N–H and O–H groups in total. The molecule has 3 rings (SSSR count). The van der Waals surface area contributed by atoms with Crippen LogP contribution in [0.4, 0.5) is 8.78 Å². The lowest BCUT2D eigenvalue weighted by molar-refractivity contribution is -0.0504. The number of benzene rings is 2. The monoisotopic (exact) mass is 413 g/mol. The van der Waals surface area contributed by atoms with Crippen LogP contribution in [0.15, 0.2) is 72.0 Å². The van der Waals surface area contributed by atoms with Crippen LogP contribution in [0.3, 0.4) is 0 Å². The number of rotatable bonds is 9. The van der Waals surface area contributed by atoms with Gasteiger partial charge in [0.2, 0.25) is 0 Å². The van der Waals surface area contributed by atoms with E-state index >= 15 is 0 Å². The SMILES string of the molecule is CCNC(=NCc1cccc(Cn2cccn2)c1)NCc1ccccc1OC(F)F. The summed E-state index contributed by atoms with van der Waals surface area (Å²) in [7, 11) is 0. The number of ether oxygens (including phenoxy) is 1. The highest BCUT2D eigenvalue weighted by Gasteiger charge is 2.09. The van der Waals surface area contributed by atoms with E-state index in [1.165, 1.54) is 6.07 Å². The van der Waals surface area contributed by atoms with E-state index in [-0.39, 0.29) is 5.75 Å². The Morgan fingerprint density at radius 2 is 1.93 bits per heavy atom. The Kier molecular flexibility index (Phi) is 7.77. The molecule has 0 unspecified atom stereocenters. The van der Waals surface area contributed by atoms with E-state index in [1.54, 1.807) is 24.4 Å². The zero-order chi connectivity index (χ0) is 21.2. The summed E-state index contributed by atoms with van der Waals surface area (Å²) in [5.74, 6) is 0.754. The standard InChI is InChI=1S/C22H25F2N5O/c1-2-25-22(27-15-19-9-3-4-10-20(19)30-21(23)24)26-14-17-7-5-8-18(13-17)16-29-12-6-11-28-29/h3-13,21H,2,14-16H2,1H3,(H2,25,26,27). The van der Waals surface area contributed by atoms with Gasteiger partial charge < -0.3 is 15.4 Å². The molecule has 0 saturated carbocycles. The Morgan fingerprint density at radius 3 is 2.70 bits per heavy atom. The predicted molar refractivity (Wildman–Crippen MR) is 113 cm³/mol. The first-order valence-corrected chi connectivity index (χ1v) is 9.74. The maximum atomic E-state index is 12.6. The summed E-state index contributed by atoms with van der Waals surface area (Å²) in [5, 5.41) is 10.6. The van der Waals surface area contributed by atoms with Gasteiger partial charge in [-0.3, -0.25) is 4.68 Å². The Morgan fingerprint density at radius 1 is 1.10 bits per heavy atom. The van der Waals surface area contributed by atoms with Gasteiger partial charge in [-0.1, -0.05) is 42.5 Å². The summed E-state index contributed by atoms with van der Waals surface area (Å²) in [6.07, 6.45) is 3.68. The molecule has 0 radical (unpaired) electrons. The fourth-order valence-electron chi connectivity index (χ4n) is 2.96. The molecular weight excluding hydrogens is 388 g/mol. The summed E-state index contributed by atoms with van der Waals surface area (Å²) in [6.45, 7) is 1.29. The molecule has 0 aliphatic rings. The van der Waals surface area contributed by atoms with Crippen LogP contribution in [0.5, 0.6) is 5.75 Å². The maximum Gasteiger partial charge on any atom is 0.387 e. The third kappa shape index (κ3) is 6.58. The van der Waals surface area contributed by atoms with E-state index in [4.69, 9.17) is 0 Å². The molecule has 0 bridgehead atoms. The zero-order valence-corrected chi connectivity index (χ0v) is 16.8. The van der Waals surface area contributed by atoms with Crippen molar-refractivity contribution < 1.29 is 13.5 Å². The van der Waals surface area contributed by atoms with E-state index in [0.717, 1.165) is 11.1 Å². The average molecular weight is 413 g/mol. The third-order valence-corrected chi connectivity index (χ3v) is 4.29. The number of aromatic nitrogens is 2. The Bertz CT molecular complexity index is 944. The quantitative estimate of drug-likeness (QED) is 0.414. The van der Waals surface area contributed by atoms with Gasteiger partial charge in [0.15, 0.2) is 5.96 Å². The van der Waals surface area contributed by atoms with Gasteiger partial charge in [-0.25, -0.2) is 4.99 Å². The van der Waals surface area contributed by atoms with Crippen molar-refractivity contribution >= 4 is 5.96 Å². The van der Waals surface area contributed by atoms with Crippen molar-refractivity contribution in [3.05, 3.63) is 83.7 Å². The molecular formula is C22H25F2N5O. The Balaban J connectivity index is 1.64. The number of hydrogen-bond acceptors (Lipinski definition) is 3. The topological polar surface area (TPSA) is 63.5 Å². The number of hydrogen-bond donors (Lipinski definition) is 2. The highest BCUT2D eigenvalue weighted by Crippen LogP contribution is 2.19. The zero-order valence-electron chi connectivity index (χ0n) is 16.8. The van der Waals surface area contributed by atoms with E-state index in [1.807, 2.05) is 36.0 Å². The van der Waals surface area contributed by atoms with Crippen LogP contribution >= 0.6 is 0 Å². The molecule has 0 aliphatic heterocycles. The molecule has 158 valence electrons. The lowest BCUT2D eigenvalue weighted by Gasteiger charge is -2.14. The number of nitrogens with zero attached hydrogens (tertiary/aromatic N) is 3. The van der Waals surface area contributed by atoms with Crippen molar-refractivity contribution in [2.45, 2.75) is 33.2 Å². The number of halogens is 2. The first-order chi connectivity index (χ1) is 14.6. The molecule has 1 heterocycles. The van der Waals surface area contributed by atoms with Crippen LogP contribution in [-0.2, 0) is 19.6 Å². The van der Waals surface area contributed by atoms with Gasteiger partial charge in [0.1, 0.15) is 5.75 Å². The van der Waals surface area contributed by atoms with Crippen molar-refractivity contribution in [3.8, 4) is 5.75 Å². The molecule has 0 fully saturated rings. The van der Waals surface area contributed by atoms with Gasteiger partial charge in [0.25, 0.3) is 0 Å². The van der Waals surface area contributed by atoms with E-state index in [0.29, 0.717) is 37.7 Å². The van der Waals surface area contributed by atoms with E-state index < -0.39 is 6.61 Å². The molecule has 0 amide bonds. The van der Waals surface area contributed by atoms with Crippen LogP contribution < -0.4 is 15.4 Å². The smallest absolute Gasteiger partial charge is 0.387 e. The Labute approximate surface area is 174 Å². The first-order valence-electron chi connectivity index (χ1n) is 9.74. The van der Waals surface area contributed by atoms with Crippen LogP contribution in [0.2, 0.25) is 0 Å². The van der Waals surface area contributed by atoms with Crippen molar-refractivity contribution in [1.82, 2.24) is 20.4 Å². The number of nitrogens with one attached hydrogen (secondary N) is 2. The molecule has 1 aromatic heterocycles. The van der Waals surface area contributed by atoms with Crippen molar-refractivity contribution in [3.63, 3.8) is 0 Å². The van der Waals surface area contributed by atoms with Gasteiger partial charge in [-0.2, -0.15) is 13.9 Å². The molecule has 0 spiro atoms. The molecule has 0 atom stereocenters. The highest BCUT2D eigenvalue weighted by atomic mass is 19.3. The molecule has 0 saturated heterocycles. The molecule has 6 nitrogen and oxygen atoms in total. The minimum atomic E-state index is -2.86. The van der Waals surface area contributed by atoms with Crippen LogP contribution in [0.1, 0.15) is 23.6 Å². The fourth-order valence-corrected chi connectivity index (χ4v) is 2.96. The van der Waals surface area contributed by atoms with Gasteiger partial charge in [0, 0.05) is 31.0 Å². The van der Waals surface area contributed by atoms with Gasteiger partial charge in [0.05, 0.1) is 13.1 Å². The number of aliphatic imine (C=N–C) groups is 1. The lowest BCUT2D eigenvalue weighted by Crippen LogP contribution is -2.36. The predicted octanol–water partition coefficient (Wildman–Crippen LogP) is 3.79. The molecule has 8 heteroatoms. The molecule has 30 heavy (non-hydrogen) atoms. The summed E-state index contributed by atoms with van der Waals surface area (Å²) < 4.78 is 31.6. The lowest BCUT2D eigenvalue weighted by atomic mass is 10.1. The second kappa shape index (κ2) is 10.9. The molecule has 0 aliphatic carbocycles. The van der Waals surface area contributed by atoms with Gasteiger partial charge in [-0.15, -0.1) is 0 Å². The van der Waals surface area contributed by atoms with Gasteiger partial charge >= 0.3 is 6.61 Å². The molecule has 3 aromatic rings. The molecule has 2 aromatic carbocycles. The fraction of sp³-hybridized carbons (Fsp3) is 0.273. The normalized spacial score (nSPS) is 11.5. The van der Waals surface area contributed by atoms with E-state index in [9.17, 15) is 8.78 Å². The average Bonchev–Trinajstić information content (AvgIpc) is 3.24. The number of alkyl halides is 2. The van der Waals surface area contributed by atoms with Crippen LogP contribution in [0.25, 0.3) is 0 Å². The second-order valence-electron chi connectivity index (χ2n) is 6.56.